The number of carbonyl (C=O) groups is 1. The molecule has 0 fully saturated rings. The first-order chi connectivity index (χ1) is 13.5. The number of benzene rings is 2. The Balaban J connectivity index is 1.80. The molecule has 3 aromatic rings. The average Bonchev–Trinajstić information content (AvgIpc) is 3.15. The van der Waals surface area contributed by atoms with Crippen LogP contribution in [0.2, 0.25) is 0 Å². The Morgan fingerprint density at radius 2 is 2.00 bits per heavy atom. The Morgan fingerprint density at radius 1 is 1.21 bits per heavy atom. The van der Waals surface area contributed by atoms with Crippen LogP contribution < -0.4 is 10.6 Å². The predicted molar refractivity (Wildman–Crippen MR) is 103 cm³/mol. The molecule has 0 radical (unpaired) electrons. The number of allylic oxidation sites excluding steroid dienone is 1. The summed E-state index contributed by atoms with van der Waals surface area (Å²) >= 11 is 0. The van der Waals surface area contributed by atoms with E-state index in [1.807, 2.05) is 18.2 Å². The van der Waals surface area contributed by atoms with Gasteiger partial charge >= 0.3 is 0 Å². The van der Waals surface area contributed by atoms with Crippen molar-refractivity contribution in [2.75, 3.05) is 10.6 Å². The molecule has 0 bridgehead atoms. The molecule has 2 heterocycles. The topological polar surface area (TPSA) is 115 Å². The average molecular weight is 376 g/mol. The minimum absolute atomic E-state index is 0.0573. The van der Waals surface area contributed by atoms with Crippen LogP contribution in [0.1, 0.15) is 18.5 Å². The molecule has 1 amide bonds. The van der Waals surface area contributed by atoms with Crippen molar-refractivity contribution < 1.29 is 9.72 Å². The molecule has 1 aromatic heterocycles. The number of para-hydroxylation sites is 1. The van der Waals surface area contributed by atoms with Gasteiger partial charge in [-0.05, 0) is 24.6 Å². The number of amides is 1. The number of nitro groups is 1. The predicted octanol–water partition coefficient (Wildman–Crippen LogP) is 3.11. The van der Waals surface area contributed by atoms with Gasteiger partial charge in [0.15, 0.2) is 0 Å². The minimum Gasteiger partial charge on any atom is -0.328 e. The number of aromatic nitrogens is 3. The fourth-order valence-electron chi connectivity index (χ4n) is 3.22. The number of nitro benzene ring substituents is 1. The van der Waals surface area contributed by atoms with Crippen molar-refractivity contribution in [3.05, 3.63) is 87.9 Å². The zero-order chi connectivity index (χ0) is 19.7. The highest BCUT2D eigenvalue weighted by molar-refractivity contribution is 6.06. The summed E-state index contributed by atoms with van der Waals surface area (Å²) in [7, 11) is 0. The summed E-state index contributed by atoms with van der Waals surface area (Å²) in [6.07, 6.45) is 1.37. The molecule has 28 heavy (non-hydrogen) atoms. The van der Waals surface area contributed by atoms with Crippen molar-refractivity contribution in [1.82, 2.24) is 14.8 Å². The largest absolute Gasteiger partial charge is 0.328 e. The number of fused-ring (bicyclic) bond motifs is 1. The van der Waals surface area contributed by atoms with Gasteiger partial charge in [0, 0.05) is 23.5 Å². The Bertz CT molecular complexity index is 1090. The lowest BCUT2D eigenvalue weighted by atomic mass is 9.94. The zero-order valence-electron chi connectivity index (χ0n) is 14.9. The first-order valence-corrected chi connectivity index (χ1v) is 8.52. The van der Waals surface area contributed by atoms with E-state index in [2.05, 4.69) is 20.7 Å². The van der Waals surface area contributed by atoms with Crippen LogP contribution in [0.15, 0.2) is 72.2 Å². The lowest BCUT2D eigenvalue weighted by Gasteiger charge is -2.28. The Hall–Kier alpha value is -4.01. The van der Waals surface area contributed by atoms with E-state index < -0.39 is 11.0 Å². The molecule has 0 aliphatic carbocycles. The normalized spacial score (nSPS) is 15.5. The number of carbonyl (C=O) groups excluding carboxylic acids is 1. The first kappa shape index (κ1) is 17.4. The standard InChI is InChI=1S/C19H16N6O3/c1-12-16(18(26)23-14-7-3-2-4-8-14)17(24-19(22-12)20-11-21-24)13-6-5-9-15(10-13)25(27)28/h2-11,17H,1H3,(H,23,26)(H,20,21,22). The van der Waals surface area contributed by atoms with E-state index in [0.29, 0.717) is 28.5 Å². The van der Waals surface area contributed by atoms with Gasteiger partial charge in [-0.2, -0.15) is 10.1 Å². The van der Waals surface area contributed by atoms with E-state index in [0.717, 1.165) is 0 Å². The highest BCUT2D eigenvalue weighted by Gasteiger charge is 2.34. The summed E-state index contributed by atoms with van der Waals surface area (Å²) in [5, 5.41) is 21.4. The lowest BCUT2D eigenvalue weighted by Crippen LogP contribution is -2.31. The SMILES string of the molecule is CC1=C(C(=O)Nc2ccccc2)C(c2cccc([N+](=O)[O-])c2)n2ncnc2N1. The van der Waals surface area contributed by atoms with E-state index in [9.17, 15) is 14.9 Å². The number of nitrogens with one attached hydrogen (secondary N) is 2. The van der Waals surface area contributed by atoms with E-state index in [4.69, 9.17) is 0 Å². The maximum Gasteiger partial charge on any atom is 0.269 e. The second kappa shape index (κ2) is 6.95. The van der Waals surface area contributed by atoms with Gasteiger partial charge in [0.1, 0.15) is 12.4 Å². The molecule has 1 atom stereocenters. The molecule has 140 valence electrons. The van der Waals surface area contributed by atoms with E-state index in [1.165, 1.54) is 18.5 Å². The third kappa shape index (κ3) is 3.09. The Labute approximate surface area is 159 Å². The smallest absolute Gasteiger partial charge is 0.269 e. The number of nitrogens with zero attached hydrogens (tertiary/aromatic N) is 4. The monoisotopic (exact) mass is 376 g/mol. The maximum absolute atomic E-state index is 13.1. The quantitative estimate of drug-likeness (QED) is 0.534. The second-order valence-electron chi connectivity index (χ2n) is 6.27. The molecule has 2 N–H and O–H groups in total. The minimum atomic E-state index is -0.651. The molecule has 2 aromatic carbocycles. The summed E-state index contributed by atoms with van der Waals surface area (Å²) in [4.78, 5) is 28.0. The molecule has 4 rings (SSSR count). The second-order valence-corrected chi connectivity index (χ2v) is 6.27. The van der Waals surface area contributed by atoms with Gasteiger partial charge in [-0.1, -0.05) is 30.3 Å². The van der Waals surface area contributed by atoms with Gasteiger partial charge in [0.25, 0.3) is 11.6 Å². The molecular weight excluding hydrogens is 360 g/mol. The van der Waals surface area contributed by atoms with Crippen molar-refractivity contribution >= 4 is 23.2 Å². The fraction of sp³-hybridized carbons (Fsp3) is 0.105. The van der Waals surface area contributed by atoms with Crippen LogP contribution in [0, 0.1) is 10.1 Å². The zero-order valence-corrected chi connectivity index (χ0v) is 14.9. The van der Waals surface area contributed by atoms with Gasteiger partial charge in [0.05, 0.1) is 10.5 Å². The number of rotatable bonds is 4. The van der Waals surface area contributed by atoms with Crippen molar-refractivity contribution in [2.24, 2.45) is 0 Å². The molecule has 1 aliphatic heterocycles. The fourth-order valence-corrected chi connectivity index (χ4v) is 3.22. The van der Waals surface area contributed by atoms with Crippen molar-refractivity contribution in [3.63, 3.8) is 0 Å². The van der Waals surface area contributed by atoms with Gasteiger partial charge in [-0.25, -0.2) is 4.68 Å². The molecule has 1 unspecified atom stereocenters. The lowest BCUT2D eigenvalue weighted by molar-refractivity contribution is -0.384. The van der Waals surface area contributed by atoms with Crippen LogP contribution in [-0.2, 0) is 4.79 Å². The summed E-state index contributed by atoms with van der Waals surface area (Å²) in [5.74, 6) is 0.138. The summed E-state index contributed by atoms with van der Waals surface area (Å²) < 4.78 is 1.55. The van der Waals surface area contributed by atoms with Crippen LogP contribution >= 0.6 is 0 Å². The van der Waals surface area contributed by atoms with Crippen molar-refractivity contribution in [3.8, 4) is 0 Å². The van der Waals surface area contributed by atoms with Gasteiger partial charge < -0.3 is 10.6 Å². The third-order valence-electron chi connectivity index (χ3n) is 4.47. The highest BCUT2D eigenvalue weighted by Crippen LogP contribution is 2.36. The molecule has 9 nitrogen and oxygen atoms in total. The van der Waals surface area contributed by atoms with E-state index in [1.54, 1.807) is 35.9 Å². The molecule has 9 heteroatoms. The molecular formula is C19H16N6O3. The van der Waals surface area contributed by atoms with Crippen LogP contribution in [0.4, 0.5) is 17.3 Å². The first-order valence-electron chi connectivity index (χ1n) is 8.52. The van der Waals surface area contributed by atoms with Gasteiger partial charge in [-0.3, -0.25) is 14.9 Å². The van der Waals surface area contributed by atoms with Crippen LogP contribution in [0.5, 0.6) is 0 Å². The molecule has 1 aliphatic rings. The maximum atomic E-state index is 13.1. The summed E-state index contributed by atoms with van der Waals surface area (Å²) in [6.45, 7) is 1.77. The number of hydrogen-bond acceptors (Lipinski definition) is 6. The number of anilines is 2. The van der Waals surface area contributed by atoms with Crippen LogP contribution in [0.3, 0.4) is 0 Å². The molecule has 0 saturated heterocycles. The van der Waals surface area contributed by atoms with Crippen molar-refractivity contribution in [2.45, 2.75) is 13.0 Å². The summed E-state index contributed by atoms with van der Waals surface area (Å²) in [6, 6.07) is 14.6. The van der Waals surface area contributed by atoms with Crippen molar-refractivity contribution in [1.29, 1.82) is 0 Å². The van der Waals surface area contributed by atoms with Gasteiger partial charge in [0.2, 0.25) is 5.95 Å². The number of hydrogen-bond donors (Lipinski definition) is 2. The Kier molecular flexibility index (Phi) is 4.32. The van der Waals surface area contributed by atoms with E-state index >= 15 is 0 Å². The molecule has 0 spiro atoms. The summed E-state index contributed by atoms with van der Waals surface area (Å²) in [5.41, 5.74) is 2.17. The third-order valence-corrected chi connectivity index (χ3v) is 4.47. The Morgan fingerprint density at radius 3 is 2.75 bits per heavy atom. The van der Waals surface area contributed by atoms with Crippen LogP contribution in [0.25, 0.3) is 0 Å². The van der Waals surface area contributed by atoms with Gasteiger partial charge in [-0.15, -0.1) is 0 Å². The molecule has 0 saturated carbocycles. The van der Waals surface area contributed by atoms with Crippen LogP contribution in [-0.4, -0.2) is 25.6 Å². The highest BCUT2D eigenvalue weighted by atomic mass is 16.6. The van der Waals surface area contributed by atoms with E-state index in [-0.39, 0.29) is 11.6 Å². The number of non-ortho nitro benzene ring substituents is 1.